The zero-order valence-corrected chi connectivity index (χ0v) is 12.9. The summed E-state index contributed by atoms with van der Waals surface area (Å²) in [5, 5.41) is 0.903. The molecule has 0 heterocycles. The molecule has 1 aliphatic carbocycles. The van der Waals surface area contributed by atoms with Crippen molar-refractivity contribution in [3.8, 4) is 0 Å². The molecule has 0 amide bonds. The Hall–Kier alpha value is -1.34. The minimum atomic E-state index is 0.903. The molecule has 0 fully saturated rings. The van der Waals surface area contributed by atoms with Crippen LogP contribution < -0.4 is 0 Å². The van der Waals surface area contributed by atoms with E-state index >= 15 is 0 Å². The Bertz CT molecular complexity index is 665. The maximum Gasteiger partial charge on any atom is 0.0289 e. The topological polar surface area (TPSA) is 0 Å². The lowest BCUT2D eigenvalue weighted by Crippen LogP contribution is -1.96. The minimum absolute atomic E-state index is 0.903. The predicted molar refractivity (Wildman–Crippen MR) is 85.8 cm³/mol. The van der Waals surface area contributed by atoms with Crippen molar-refractivity contribution in [1.29, 1.82) is 0 Å². The van der Waals surface area contributed by atoms with E-state index in [2.05, 4.69) is 72.3 Å². The van der Waals surface area contributed by atoms with E-state index in [1.165, 1.54) is 39.0 Å². The lowest BCUT2D eigenvalue weighted by molar-refractivity contribution is 1.22. The van der Waals surface area contributed by atoms with Gasteiger partial charge in [-0.15, -0.1) is 0 Å². The number of halogens is 1. The van der Waals surface area contributed by atoms with Crippen molar-refractivity contribution in [3.63, 3.8) is 0 Å². The molecule has 0 saturated carbocycles. The maximum absolute atomic E-state index is 3.60. The van der Waals surface area contributed by atoms with Crippen molar-refractivity contribution in [3.05, 3.63) is 75.9 Å². The smallest absolute Gasteiger partial charge is 0.0289 e. The average Bonchev–Trinajstić information content (AvgIpc) is 2.89. The van der Waals surface area contributed by atoms with Crippen molar-refractivity contribution >= 4 is 21.5 Å². The molecule has 96 valence electrons. The molecule has 2 aromatic rings. The molecule has 0 N–H and O–H groups in total. The van der Waals surface area contributed by atoms with Gasteiger partial charge in [0.15, 0.2) is 0 Å². The lowest BCUT2D eigenvalue weighted by atomic mass is 9.91. The van der Waals surface area contributed by atoms with Gasteiger partial charge in [0.1, 0.15) is 0 Å². The Morgan fingerprint density at radius 3 is 2.53 bits per heavy atom. The fourth-order valence-electron chi connectivity index (χ4n) is 2.96. The normalized spacial score (nSPS) is 13.3. The maximum atomic E-state index is 3.60. The van der Waals surface area contributed by atoms with Crippen molar-refractivity contribution in [2.75, 3.05) is 0 Å². The van der Waals surface area contributed by atoms with Crippen LogP contribution in [0.15, 0.2) is 42.5 Å². The summed E-state index contributed by atoms with van der Waals surface area (Å²) >= 11 is 3.60. The first-order valence-corrected chi connectivity index (χ1v) is 7.78. The molecule has 0 aromatic heterocycles. The van der Waals surface area contributed by atoms with Gasteiger partial charge in [-0.05, 0) is 59.2 Å². The Kier molecular flexibility index (Phi) is 3.32. The lowest BCUT2D eigenvalue weighted by Gasteiger charge is -2.14. The van der Waals surface area contributed by atoms with Gasteiger partial charge in [-0.3, -0.25) is 0 Å². The Balaban J connectivity index is 2.20. The van der Waals surface area contributed by atoms with Gasteiger partial charge in [-0.25, -0.2) is 0 Å². The van der Waals surface area contributed by atoms with Gasteiger partial charge in [0.2, 0.25) is 0 Å². The van der Waals surface area contributed by atoms with Crippen LogP contribution in [-0.4, -0.2) is 0 Å². The molecule has 1 heteroatoms. The van der Waals surface area contributed by atoms with Crippen LogP contribution in [0.2, 0.25) is 0 Å². The van der Waals surface area contributed by atoms with Crippen LogP contribution in [0.5, 0.6) is 0 Å². The molecule has 0 spiro atoms. The number of alkyl halides is 1. The highest BCUT2D eigenvalue weighted by molar-refractivity contribution is 9.08. The monoisotopic (exact) mass is 312 g/mol. The van der Waals surface area contributed by atoms with Crippen LogP contribution in [-0.2, 0) is 11.8 Å². The quantitative estimate of drug-likeness (QED) is 0.670. The zero-order valence-electron chi connectivity index (χ0n) is 11.3. The highest BCUT2D eigenvalue weighted by atomic mass is 79.9. The standard InChI is InChI=1S/C18H17Br/c1-12-7-8-13(2)18-15(12)9-10-17(18)16-6-4-3-5-14(16)11-19/h3-8,10H,9,11H2,1-2H3. The summed E-state index contributed by atoms with van der Waals surface area (Å²) in [6.45, 7) is 4.43. The largest absolute Gasteiger partial charge is 0.0876 e. The van der Waals surface area contributed by atoms with E-state index in [9.17, 15) is 0 Å². The minimum Gasteiger partial charge on any atom is -0.0876 e. The summed E-state index contributed by atoms with van der Waals surface area (Å²) in [6, 6.07) is 13.2. The van der Waals surface area contributed by atoms with Crippen molar-refractivity contribution in [1.82, 2.24) is 0 Å². The second kappa shape index (κ2) is 4.97. The average molecular weight is 313 g/mol. The first kappa shape index (κ1) is 12.7. The molecule has 0 aliphatic heterocycles. The second-order valence-corrected chi connectivity index (χ2v) is 5.73. The zero-order chi connectivity index (χ0) is 13.4. The molecule has 0 bridgehead atoms. The van der Waals surface area contributed by atoms with E-state index in [1.807, 2.05) is 0 Å². The number of aryl methyl sites for hydroxylation is 2. The van der Waals surface area contributed by atoms with Gasteiger partial charge in [-0.2, -0.15) is 0 Å². The molecule has 0 saturated heterocycles. The van der Waals surface area contributed by atoms with E-state index in [4.69, 9.17) is 0 Å². The number of hydrogen-bond donors (Lipinski definition) is 0. The van der Waals surface area contributed by atoms with Gasteiger partial charge in [0, 0.05) is 5.33 Å². The van der Waals surface area contributed by atoms with Gasteiger partial charge in [0.25, 0.3) is 0 Å². The van der Waals surface area contributed by atoms with Crippen LogP contribution in [0, 0.1) is 13.8 Å². The Morgan fingerprint density at radius 1 is 1.00 bits per heavy atom. The molecule has 0 atom stereocenters. The third-order valence-electron chi connectivity index (χ3n) is 3.99. The van der Waals surface area contributed by atoms with E-state index in [0.717, 1.165) is 11.8 Å². The molecule has 1 aliphatic rings. The fourth-order valence-corrected chi connectivity index (χ4v) is 3.45. The van der Waals surface area contributed by atoms with Crippen LogP contribution in [0.3, 0.4) is 0 Å². The summed E-state index contributed by atoms with van der Waals surface area (Å²) < 4.78 is 0. The fraction of sp³-hybridized carbons (Fsp3) is 0.222. The third-order valence-corrected chi connectivity index (χ3v) is 4.59. The number of rotatable bonds is 2. The molecule has 19 heavy (non-hydrogen) atoms. The van der Waals surface area contributed by atoms with Crippen LogP contribution in [0.1, 0.15) is 33.4 Å². The number of fused-ring (bicyclic) bond motifs is 1. The Labute approximate surface area is 123 Å². The third kappa shape index (κ3) is 2.06. The van der Waals surface area contributed by atoms with Crippen molar-refractivity contribution < 1.29 is 0 Å². The summed E-state index contributed by atoms with van der Waals surface area (Å²) in [4.78, 5) is 0. The molecule has 2 aromatic carbocycles. The van der Waals surface area contributed by atoms with Crippen LogP contribution in [0.25, 0.3) is 5.57 Å². The second-order valence-electron chi connectivity index (χ2n) is 5.17. The van der Waals surface area contributed by atoms with Gasteiger partial charge in [-0.1, -0.05) is 58.4 Å². The first-order valence-electron chi connectivity index (χ1n) is 6.66. The van der Waals surface area contributed by atoms with E-state index in [1.54, 1.807) is 0 Å². The Morgan fingerprint density at radius 2 is 1.74 bits per heavy atom. The molecule has 3 rings (SSSR count). The molecular formula is C18H17Br. The summed E-state index contributed by atoms with van der Waals surface area (Å²) in [7, 11) is 0. The molecular weight excluding hydrogens is 296 g/mol. The highest BCUT2D eigenvalue weighted by Crippen LogP contribution is 2.38. The number of allylic oxidation sites excluding steroid dienone is 1. The van der Waals surface area contributed by atoms with Gasteiger partial charge >= 0.3 is 0 Å². The van der Waals surface area contributed by atoms with Gasteiger partial charge < -0.3 is 0 Å². The number of hydrogen-bond acceptors (Lipinski definition) is 0. The number of benzene rings is 2. The SMILES string of the molecule is Cc1ccc(C)c2c1CC=C2c1ccccc1CBr. The highest BCUT2D eigenvalue weighted by Gasteiger charge is 2.20. The van der Waals surface area contributed by atoms with Crippen molar-refractivity contribution in [2.45, 2.75) is 25.6 Å². The summed E-state index contributed by atoms with van der Waals surface area (Å²) in [5.74, 6) is 0. The van der Waals surface area contributed by atoms with Crippen LogP contribution in [0.4, 0.5) is 0 Å². The summed E-state index contributed by atoms with van der Waals surface area (Å²) in [5.41, 5.74) is 9.88. The molecule has 0 unspecified atom stereocenters. The van der Waals surface area contributed by atoms with Crippen molar-refractivity contribution in [2.24, 2.45) is 0 Å². The predicted octanol–water partition coefficient (Wildman–Crippen LogP) is 5.19. The molecule has 0 nitrogen and oxygen atoms in total. The van der Waals surface area contributed by atoms with Crippen LogP contribution >= 0.6 is 15.9 Å². The van der Waals surface area contributed by atoms with E-state index < -0.39 is 0 Å². The van der Waals surface area contributed by atoms with E-state index in [0.29, 0.717) is 0 Å². The van der Waals surface area contributed by atoms with Gasteiger partial charge in [0.05, 0.1) is 0 Å². The first-order chi connectivity index (χ1) is 9.22. The molecule has 0 radical (unpaired) electrons. The summed E-state index contributed by atoms with van der Waals surface area (Å²) in [6.07, 6.45) is 3.45. The van der Waals surface area contributed by atoms with E-state index in [-0.39, 0.29) is 0 Å².